The second-order valence-corrected chi connectivity index (χ2v) is 6.44. The summed E-state index contributed by atoms with van der Waals surface area (Å²) in [4.78, 5) is 12.2. The van der Waals surface area contributed by atoms with Gasteiger partial charge in [-0.05, 0) is 65.1 Å². The van der Waals surface area contributed by atoms with Crippen molar-refractivity contribution in [1.82, 2.24) is 5.32 Å². The quantitative estimate of drug-likeness (QED) is 0.396. The van der Waals surface area contributed by atoms with Crippen LogP contribution in [-0.2, 0) is 4.74 Å². The van der Waals surface area contributed by atoms with Gasteiger partial charge in [-0.15, -0.1) is 0 Å². The molecule has 2 N–H and O–H groups in total. The van der Waals surface area contributed by atoms with Gasteiger partial charge in [0.05, 0.1) is 6.61 Å². The number of carbonyl (C=O) groups is 1. The van der Waals surface area contributed by atoms with Crippen LogP contribution in [0.25, 0.3) is 0 Å². The lowest BCUT2D eigenvalue weighted by Gasteiger charge is -2.11. The summed E-state index contributed by atoms with van der Waals surface area (Å²) in [5, 5.41) is 5.86. The van der Waals surface area contributed by atoms with E-state index >= 15 is 0 Å². The van der Waals surface area contributed by atoms with Gasteiger partial charge in [-0.1, -0.05) is 12.1 Å². The summed E-state index contributed by atoms with van der Waals surface area (Å²) in [6.07, 6.45) is 0. The van der Waals surface area contributed by atoms with Crippen molar-refractivity contribution in [3.8, 4) is 5.75 Å². The van der Waals surface area contributed by atoms with Gasteiger partial charge in [0.1, 0.15) is 12.4 Å². The molecule has 2 rings (SSSR count). The van der Waals surface area contributed by atoms with E-state index in [4.69, 9.17) is 21.7 Å². The number of hydrogen-bond donors (Lipinski definition) is 2. The highest BCUT2D eigenvalue weighted by Crippen LogP contribution is 2.17. The van der Waals surface area contributed by atoms with Crippen LogP contribution in [0.2, 0.25) is 0 Å². The van der Waals surface area contributed by atoms with Crippen molar-refractivity contribution < 1.29 is 14.3 Å². The highest BCUT2D eigenvalue weighted by atomic mass is 127. The average Bonchev–Trinajstić information content (AvgIpc) is 2.55. The number of rotatable bonds is 6. The fourth-order valence-electron chi connectivity index (χ4n) is 1.87. The number of ether oxygens (including phenoxy) is 2. The molecule has 24 heavy (non-hydrogen) atoms. The molecule has 126 valence electrons. The van der Waals surface area contributed by atoms with Gasteiger partial charge in [-0.2, -0.15) is 0 Å². The SMILES string of the molecule is COCCOc1cccc(NC(=S)NC(=O)c2cccc(I)c2)c1. The molecule has 0 radical (unpaired) electrons. The second-order valence-electron chi connectivity index (χ2n) is 4.79. The van der Waals surface area contributed by atoms with Crippen molar-refractivity contribution >= 4 is 51.5 Å². The van der Waals surface area contributed by atoms with E-state index in [2.05, 4.69) is 33.2 Å². The highest BCUT2D eigenvalue weighted by molar-refractivity contribution is 14.1. The van der Waals surface area contributed by atoms with Gasteiger partial charge >= 0.3 is 0 Å². The lowest BCUT2D eigenvalue weighted by atomic mass is 10.2. The molecular weight excluding hydrogens is 439 g/mol. The molecule has 2 aromatic rings. The molecule has 1 amide bonds. The molecule has 0 bridgehead atoms. The van der Waals surface area contributed by atoms with Crippen LogP contribution >= 0.6 is 34.8 Å². The van der Waals surface area contributed by atoms with Crippen molar-refractivity contribution in [2.75, 3.05) is 25.6 Å². The Morgan fingerprint density at radius 1 is 1.17 bits per heavy atom. The molecule has 0 aliphatic heterocycles. The Kier molecular flexibility index (Phi) is 7.41. The Balaban J connectivity index is 1.92. The van der Waals surface area contributed by atoms with Crippen LogP contribution in [0.15, 0.2) is 48.5 Å². The Hall–Kier alpha value is -1.71. The summed E-state index contributed by atoms with van der Waals surface area (Å²) >= 11 is 7.35. The Labute approximate surface area is 159 Å². The minimum Gasteiger partial charge on any atom is -0.491 e. The first kappa shape index (κ1) is 18.6. The van der Waals surface area contributed by atoms with Crippen molar-refractivity contribution in [3.05, 3.63) is 57.7 Å². The van der Waals surface area contributed by atoms with Crippen molar-refractivity contribution in [2.45, 2.75) is 0 Å². The first-order chi connectivity index (χ1) is 11.6. The number of hydrogen-bond acceptors (Lipinski definition) is 4. The summed E-state index contributed by atoms with van der Waals surface area (Å²) in [5.74, 6) is 0.447. The number of nitrogens with one attached hydrogen (secondary N) is 2. The molecule has 0 saturated heterocycles. The number of amides is 1. The largest absolute Gasteiger partial charge is 0.491 e. The molecule has 0 aliphatic rings. The molecule has 0 unspecified atom stereocenters. The van der Waals surface area contributed by atoms with Gasteiger partial charge in [-0.3, -0.25) is 10.1 Å². The minimum atomic E-state index is -0.251. The third-order valence-corrected chi connectivity index (χ3v) is 3.84. The van der Waals surface area contributed by atoms with Crippen LogP contribution < -0.4 is 15.4 Å². The van der Waals surface area contributed by atoms with Crippen LogP contribution in [0.1, 0.15) is 10.4 Å². The summed E-state index contributed by atoms with van der Waals surface area (Å²) < 4.78 is 11.5. The van der Waals surface area contributed by atoms with Crippen molar-refractivity contribution in [3.63, 3.8) is 0 Å². The number of carbonyl (C=O) groups excluding carboxylic acids is 1. The molecule has 5 nitrogen and oxygen atoms in total. The third kappa shape index (κ3) is 6.06. The topological polar surface area (TPSA) is 59.6 Å². The molecular formula is C17H17IN2O3S. The van der Waals surface area contributed by atoms with Gasteiger partial charge in [0.2, 0.25) is 0 Å². The molecule has 0 atom stereocenters. The molecule has 0 aliphatic carbocycles. The lowest BCUT2D eigenvalue weighted by molar-refractivity contribution is 0.0977. The predicted octanol–water partition coefficient (Wildman–Crippen LogP) is 3.44. The van der Waals surface area contributed by atoms with E-state index in [-0.39, 0.29) is 11.0 Å². The molecule has 7 heteroatoms. The summed E-state index contributed by atoms with van der Waals surface area (Å²) in [6, 6.07) is 14.6. The van der Waals surface area contributed by atoms with E-state index in [1.54, 1.807) is 25.3 Å². The monoisotopic (exact) mass is 456 g/mol. The normalized spacial score (nSPS) is 10.1. The standard InChI is InChI=1S/C17H17IN2O3S/c1-22-8-9-23-15-7-3-6-14(11-15)19-17(24)20-16(21)12-4-2-5-13(18)10-12/h2-7,10-11H,8-9H2,1H3,(H2,19,20,21,24). The maximum Gasteiger partial charge on any atom is 0.257 e. The van der Waals surface area contributed by atoms with E-state index in [1.807, 2.05) is 30.3 Å². The number of anilines is 1. The van der Waals surface area contributed by atoms with Crippen LogP contribution in [0.5, 0.6) is 5.75 Å². The Morgan fingerprint density at radius 2 is 1.96 bits per heavy atom. The summed E-state index contributed by atoms with van der Waals surface area (Å²) in [7, 11) is 1.62. The smallest absolute Gasteiger partial charge is 0.257 e. The Morgan fingerprint density at radius 3 is 2.71 bits per heavy atom. The maximum atomic E-state index is 12.2. The molecule has 0 fully saturated rings. The third-order valence-electron chi connectivity index (χ3n) is 2.96. The number of thiocarbonyl (C=S) groups is 1. The minimum absolute atomic E-state index is 0.230. The zero-order valence-electron chi connectivity index (χ0n) is 13.0. The van der Waals surface area contributed by atoms with E-state index < -0.39 is 0 Å². The fraction of sp³-hybridized carbons (Fsp3) is 0.176. The van der Waals surface area contributed by atoms with Gasteiger partial charge in [0.25, 0.3) is 5.91 Å². The first-order valence-corrected chi connectivity index (χ1v) is 8.67. The molecule has 0 spiro atoms. The van der Waals surface area contributed by atoms with Gasteiger partial charge < -0.3 is 14.8 Å². The number of halogens is 1. The maximum absolute atomic E-state index is 12.2. The zero-order valence-corrected chi connectivity index (χ0v) is 16.0. The fourth-order valence-corrected chi connectivity index (χ4v) is 2.63. The summed E-state index contributed by atoms with van der Waals surface area (Å²) in [5.41, 5.74) is 1.29. The van der Waals surface area contributed by atoms with E-state index in [1.165, 1.54) is 0 Å². The van der Waals surface area contributed by atoms with E-state index in [0.29, 0.717) is 24.5 Å². The number of methoxy groups -OCH3 is 1. The molecule has 0 aromatic heterocycles. The summed E-state index contributed by atoms with van der Waals surface area (Å²) in [6.45, 7) is 0.982. The van der Waals surface area contributed by atoms with E-state index in [9.17, 15) is 4.79 Å². The van der Waals surface area contributed by atoms with Crippen LogP contribution in [0.3, 0.4) is 0 Å². The average molecular weight is 456 g/mol. The molecule has 0 saturated carbocycles. The number of benzene rings is 2. The van der Waals surface area contributed by atoms with Crippen LogP contribution in [-0.4, -0.2) is 31.3 Å². The van der Waals surface area contributed by atoms with E-state index in [0.717, 1.165) is 9.26 Å². The second kappa shape index (κ2) is 9.55. The molecule has 0 heterocycles. The van der Waals surface area contributed by atoms with Crippen molar-refractivity contribution in [1.29, 1.82) is 0 Å². The zero-order chi connectivity index (χ0) is 17.4. The predicted molar refractivity (Wildman–Crippen MR) is 107 cm³/mol. The molecule has 2 aromatic carbocycles. The van der Waals surface area contributed by atoms with Crippen LogP contribution in [0.4, 0.5) is 5.69 Å². The Bertz CT molecular complexity index is 724. The highest BCUT2D eigenvalue weighted by Gasteiger charge is 2.08. The van der Waals surface area contributed by atoms with Gasteiger partial charge in [0.15, 0.2) is 5.11 Å². The first-order valence-electron chi connectivity index (χ1n) is 7.18. The lowest BCUT2D eigenvalue weighted by Crippen LogP contribution is -2.34. The van der Waals surface area contributed by atoms with Gasteiger partial charge in [0, 0.05) is 28.0 Å². The van der Waals surface area contributed by atoms with Crippen molar-refractivity contribution in [2.24, 2.45) is 0 Å². The van der Waals surface area contributed by atoms with Crippen LogP contribution in [0, 0.1) is 3.57 Å². The van der Waals surface area contributed by atoms with Gasteiger partial charge in [-0.25, -0.2) is 0 Å².